The van der Waals surface area contributed by atoms with Crippen molar-refractivity contribution in [1.82, 2.24) is 9.80 Å². The van der Waals surface area contributed by atoms with Crippen LogP contribution in [0, 0.1) is 0 Å². The molecule has 0 aromatic rings. The number of hydrogen-bond acceptors (Lipinski definition) is 2. The van der Waals surface area contributed by atoms with Gasteiger partial charge in [0.05, 0.1) is 6.54 Å². The van der Waals surface area contributed by atoms with Crippen LogP contribution in [0.25, 0.3) is 0 Å². The summed E-state index contributed by atoms with van der Waals surface area (Å²) in [5, 5.41) is 0. The molecule has 0 aromatic heterocycles. The van der Waals surface area contributed by atoms with Crippen LogP contribution in [-0.2, 0) is 9.59 Å². The Balaban J connectivity index is 2.35. The molecule has 2 amide bonds. The molecule has 1 aliphatic rings. The molecule has 1 rings (SSSR count). The summed E-state index contributed by atoms with van der Waals surface area (Å²) in [6.07, 6.45) is 5.92. The Morgan fingerprint density at radius 3 is 2.33 bits per heavy atom. The van der Waals surface area contributed by atoms with E-state index in [9.17, 15) is 9.59 Å². The molecule has 0 N–H and O–H groups in total. The molecule has 0 spiro atoms. The predicted octanol–water partition coefficient (Wildman–Crippen LogP) is 2.04. The Bertz CT molecular complexity index is 273. The molecular weight excluding hydrogens is 228 g/mol. The average molecular weight is 254 g/mol. The van der Waals surface area contributed by atoms with Gasteiger partial charge >= 0.3 is 0 Å². The Kier molecular flexibility index (Phi) is 6.76. The molecule has 1 aliphatic heterocycles. The monoisotopic (exact) mass is 254 g/mol. The molecule has 0 saturated carbocycles. The number of likely N-dealkylation sites (tertiary alicyclic amines) is 1. The van der Waals surface area contributed by atoms with E-state index in [1.54, 1.807) is 4.90 Å². The first-order valence-corrected chi connectivity index (χ1v) is 7.24. The van der Waals surface area contributed by atoms with Crippen molar-refractivity contribution in [3.05, 3.63) is 0 Å². The van der Waals surface area contributed by atoms with Gasteiger partial charge in [0.2, 0.25) is 11.8 Å². The van der Waals surface area contributed by atoms with Gasteiger partial charge in [0, 0.05) is 26.1 Å². The summed E-state index contributed by atoms with van der Waals surface area (Å²) in [6, 6.07) is 0. The Labute approximate surface area is 110 Å². The van der Waals surface area contributed by atoms with Crippen molar-refractivity contribution in [2.75, 3.05) is 26.2 Å². The second-order valence-electron chi connectivity index (χ2n) is 4.95. The second kappa shape index (κ2) is 8.11. The highest BCUT2D eigenvalue weighted by molar-refractivity contribution is 5.84. The molecular formula is C14H26N2O2. The van der Waals surface area contributed by atoms with Crippen LogP contribution in [0.5, 0.6) is 0 Å². The largest absolute Gasteiger partial charge is 0.341 e. The van der Waals surface area contributed by atoms with Gasteiger partial charge in [-0.15, -0.1) is 0 Å². The van der Waals surface area contributed by atoms with E-state index in [0.717, 1.165) is 45.2 Å². The van der Waals surface area contributed by atoms with E-state index < -0.39 is 0 Å². The Morgan fingerprint density at radius 1 is 1.11 bits per heavy atom. The van der Waals surface area contributed by atoms with E-state index >= 15 is 0 Å². The molecule has 0 radical (unpaired) electrons. The van der Waals surface area contributed by atoms with E-state index in [2.05, 4.69) is 6.92 Å². The summed E-state index contributed by atoms with van der Waals surface area (Å²) in [7, 11) is 0. The lowest BCUT2D eigenvalue weighted by molar-refractivity contribution is -0.139. The zero-order chi connectivity index (χ0) is 13.4. The number of rotatable bonds is 7. The quantitative estimate of drug-likeness (QED) is 0.652. The van der Waals surface area contributed by atoms with Crippen molar-refractivity contribution in [2.45, 2.75) is 52.4 Å². The van der Waals surface area contributed by atoms with E-state index in [-0.39, 0.29) is 18.4 Å². The fraction of sp³-hybridized carbons (Fsp3) is 0.857. The summed E-state index contributed by atoms with van der Waals surface area (Å²) >= 11 is 0. The highest BCUT2D eigenvalue weighted by atomic mass is 16.2. The van der Waals surface area contributed by atoms with Crippen LogP contribution in [0.1, 0.15) is 52.4 Å². The van der Waals surface area contributed by atoms with Crippen LogP contribution in [0.15, 0.2) is 0 Å². The summed E-state index contributed by atoms with van der Waals surface area (Å²) in [5.74, 6) is 0.233. The van der Waals surface area contributed by atoms with Gasteiger partial charge in [0.15, 0.2) is 0 Å². The van der Waals surface area contributed by atoms with Crippen LogP contribution < -0.4 is 0 Å². The summed E-state index contributed by atoms with van der Waals surface area (Å²) < 4.78 is 0. The minimum atomic E-state index is 0.109. The minimum absolute atomic E-state index is 0.109. The van der Waals surface area contributed by atoms with E-state index in [1.165, 1.54) is 0 Å². The Morgan fingerprint density at radius 2 is 1.78 bits per heavy atom. The average Bonchev–Trinajstić information content (AvgIpc) is 2.89. The molecule has 0 aliphatic carbocycles. The summed E-state index contributed by atoms with van der Waals surface area (Å²) in [4.78, 5) is 27.5. The third-order valence-electron chi connectivity index (χ3n) is 3.51. The number of carbonyl (C=O) groups excluding carboxylic acids is 2. The third kappa shape index (κ3) is 4.67. The number of carbonyl (C=O) groups is 2. The molecule has 0 bridgehead atoms. The molecule has 1 heterocycles. The van der Waals surface area contributed by atoms with Gasteiger partial charge in [-0.25, -0.2) is 0 Å². The lowest BCUT2D eigenvalue weighted by Gasteiger charge is -2.23. The zero-order valence-corrected chi connectivity index (χ0v) is 11.8. The van der Waals surface area contributed by atoms with E-state index in [1.807, 2.05) is 11.8 Å². The zero-order valence-electron chi connectivity index (χ0n) is 11.8. The van der Waals surface area contributed by atoms with Gasteiger partial charge in [-0.05, 0) is 26.2 Å². The normalized spacial score (nSPS) is 14.9. The van der Waals surface area contributed by atoms with Gasteiger partial charge < -0.3 is 9.80 Å². The molecule has 4 nitrogen and oxygen atoms in total. The standard InChI is InChI=1S/C14H26N2O2/c1-3-5-6-9-13(17)15(4-2)12-14(18)16-10-7-8-11-16/h3-12H2,1-2H3. The lowest BCUT2D eigenvalue weighted by Crippen LogP contribution is -2.41. The second-order valence-corrected chi connectivity index (χ2v) is 4.95. The summed E-state index contributed by atoms with van der Waals surface area (Å²) in [6.45, 7) is 6.68. The van der Waals surface area contributed by atoms with Gasteiger partial charge in [0.1, 0.15) is 0 Å². The first-order chi connectivity index (χ1) is 8.69. The van der Waals surface area contributed by atoms with Crippen LogP contribution in [0.3, 0.4) is 0 Å². The van der Waals surface area contributed by atoms with Crippen LogP contribution >= 0.6 is 0 Å². The van der Waals surface area contributed by atoms with Gasteiger partial charge in [-0.2, -0.15) is 0 Å². The van der Waals surface area contributed by atoms with Gasteiger partial charge in [0.25, 0.3) is 0 Å². The molecule has 4 heteroatoms. The first kappa shape index (κ1) is 15.0. The third-order valence-corrected chi connectivity index (χ3v) is 3.51. The van der Waals surface area contributed by atoms with Crippen molar-refractivity contribution in [2.24, 2.45) is 0 Å². The van der Waals surface area contributed by atoms with Crippen molar-refractivity contribution >= 4 is 11.8 Å². The molecule has 104 valence electrons. The smallest absolute Gasteiger partial charge is 0.242 e. The van der Waals surface area contributed by atoms with Crippen LogP contribution in [0.2, 0.25) is 0 Å². The van der Waals surface area contributed by atoms with Gasteiger partial charge in [-0.3, -0.25) is 9.59 Å². The first-order valence-electron chi connectivity index (χ1n) is 7.24. The van der Waals surface area contributed by atoms with Crippen molar-refractivity contribution in [3.63, 3.8) is 0 Å². The van der Waals surface area contributed by atoms with E-state index in [4.69, 9.17) is 0 Å². The molecule has 1 fully saturated rings. The minimum Gasteiger partial charge on any atom is -0.341 e. The fourth-order valence-electron chi connectivity index (χ4n) is 2.29. The molecule has 0 atom stereocenters. The highest BCUT2D eigenvalue weighted by Gasteiger charge is 2.21. The van der Waals surface area contributed by atoms with Crippen molar-refractivity contribution < 1.29 is 9.59 Å². The number of amides is 2. The number of nitrogens with zero attached hydrogens (tertiary/aromatic N) is 2. The number of likely N-dealkylation sites (N-methyl/N-ethyl adjacent to an activating group) is 1. The SMILES string of the molecule is CCCCCC(=O)N(CC)CC(=O)N1CCCC1. The topological polar surface area (TPSA) is 40.6 Å². The van der Waals surface area contributed by atoms with Crippen LogP contribution in [-0.4, -0.2) is 47.8 Å². The maximum Gasteiger partial charge on any atom is 0.242 e. The lowest BCUT2D eigenvalue weighted by atomic mass is 10.2. The van der Waals surface area contributed by atoms with E-state index in [0.29, 0.717) is 13.0 Å². The fourth-order valence-corrected chi connectivity index (χ4v) is 2.29. The van der Waals surface area contributed by atoms with Gasteiger partial charge in [-0.1, -0.05) is 19.8 Å². The summed E-state index contributed by atoms with van der Waals surface area (Å²) in [5.41, 5.74) is 0. The van der Waals surface area contributed by atoms with Crippen molar-refractivity contribution in [1.29, 1.82) is 0 Å². The molecule has 0 aromatic carbocycles. The highest BCUT2D eigenvalue weighted by Crippen LogP contribution is 2.09. The maximum absolute atomic E-state index is 12.0. The predicted molar refractivity (Wildman–Crippen MR) is 72.2 cm³/mol. The number of hydrogen-bond donors (Lipinski definition) is 0. The molecule has 0 unspecified atom stereocenters. The van der Waals surface area contributed by atoms with Crippen molar-refractivity contribution in [3.8, 4) is 0 Å². The van der Waals surface area contributed by atoms with Crippen LogP contribution in [0.4, 0.5) is 0 Å². The Hall–Kier alpha value is -1.06. The molecule has 18 heavy (non-hydrogen) atoms. The maximum atomic E-state index is 12.0. The molecule has 1 saturated heterocycles. The number of unbranched alkanes of at least 4 members (excludes halogenated alkanes) is 2.